The number of benzene rings is 1. The molecule has 23 heavy (non-hydrogen) atoms. The third kappa shape index (κ3) is 2.37. The van der Waals surface area contributed by atoms with Gasteiger partial charge in [0, 0.05) is 17.5 Å². The summed E-state index contributed by atoms with van der Waals surface area (Å²) in [6, 6.07) is 7.11. The maximum Gasteiger partial charge on any atom is 0.322 e. The van der Waals surface area contributed by atoms with Gasteiger partial charge < -0.3 is 10.2 Å². The topological polar surface area (TPSA) is 78.5 Å². The summed E-state index contributed by atoms with van der Waals surface area (Å²) in [4.78, 5) is 37.6. The molecule has 4 amide bonds. The van der Waals surface area contributed by atoms with Gasteiger partial charge in [0.25, 0.3) is 5.91 Å². The van der Waals surface area contributed by atoms with Crippen molar-refractivity contribution >= 4 is 29.4 Å². The number of carbonyl (C=O) groups is 3. The molecular weight excluding hydrogens is 318 g/mol. The van der Waals surface area contributed by atoms with Gasteiger partial charge in [-0.25, -0.2) is 4.79 Å². The van der Waals surface area contributed by atoms with Gasteiger partial charge in [0.2, 0.25) is 5.91 Å². The molecule has 2 heterocycles. The van der Waals surface area contributed by atoms with E-state index in [1.165, 1.54) is 0 Å². The Balaban J connectivity index is 1.44. The number of nitrogens with one attached hydrogen (secondary N) is 2. The molecule has 0 aromatic heterocycles. The van der Waals surface area contributed by atoms with E-state index in [4.69, 9.17) is 11.6 Å². The van der Waals surface area contributed by atoms with Crippen molar-refractivity contribution in [2.45, 2.75) is 24.3 Å². The van der Waals surface area contributed by atoms with Gasteiger partial charge in [-0.3, -0.25) is 14.9 Å². The molecule has 1 aromatic rings. The van der Waals surface area contributed by atoms with Crippen LogP contribution in [0.1, 0.15) is 24.3 Å². The fraction of sp³-hybridized carbons (Fsp3) is 0.438. The summed E-state index contributed by atoms with van der Waals surface area (Å²) >= 11 is 6.00. The molecule has 1 spiro atoms. The van der Waals surface area contributed by atoms with E-state index >= 15 is 0 Å². The number of halogens is 1. The zero-order valence-electron chi connectivity index (χ0n) is 12.3. The first-order valence-electron chi connectivity index (χ1n) is 7.66. The average molecular weight is 334 g/mol. The van der Waals surface area contributed by atoms with Gasteiger partial charge in [0.15, 0.2) is 0 Å². The molecule has 3 fully saturated rings. The second-order valence-electron chi connectivity index (χ2n) is 6.50. The summed E-state index contributed by atoms with van der Waals surface area (Å²) in [6.45, 7) is 0.744. The molecule has 3 atom stereocenters. The van der Waals surface area contributed by atoms with Crippen LogP contribution in [0.5, 0.6) is 0 Å². The number of imide groups is 1. The highest BCUT2D eigenvalue weighted by atomic mass is 35.5. The molecular formula is C16H16ClN3O3. The molecule has 0 unspecified atom stereocenters. The first-order valence-corrected chi connectivity index (χ1v) is 8.04. The number of nitrogens with zero attached hydrogens (tertiary/aromatic N) is 1. The van der Waals surface area contributed by atoms with Crippen LogP contribution >= 0.6 is 11.6 Å². The molecule has 6 nitrogen and oxygen atoms in total. The van der Waals surface area contributed by atoms with Crippen molar-refractivity contribution in [3.05, 3.63) is 34.9 Å². The molecule has 0 radical (unpaired) electrons. The number of rotatable bonds is 2. The Morgan fingerprint density at radius 2 is 2.17 bits per heavy atom. The molecule has 7 heteroatoms. The molecule has 1 aromatic carbocycles. The second kappa shape index (κ2) is 4.96. The molecule has 1 aliphatic carbocycles. The summed E-state index contributed by atoms with van der Waals surface area (Å²) in [5, 5.41) is 5.59. The lowest BCUT2D eigenvalue weighted by Gasteiger charge is -2.21. The fourth-order valence-corrected chi connectivity index (χ4v) is 3.82. The number of hydrogen-bond donors (Lipinski definition) is 2. The largest absolute Gasteiger partial charge is 0.339 e. The summed E-state index contributed by atoms with van der Waals surface area (Å²) < 4.78 is 0. The zero-order valence-corrected chi connectivity index (χ0v) is 13.1. The van der Waals surface area contributed by atoms with Crippen LogP contribution in [0.2, 0.25) is 5.02 Å². The quantitative estimate of drug-likeness (QED) is 0.800. The number of likely N-dealkylation sites (tertiary alicyclic amines) is 1. The van der Waals surface area contributed by atoms with Crippen molar-refractivity contribution in [1.82, 2.24) is 15.5 Å². The first kappa shape index (κ1) is 14.5. The third-order valence-electron chi connectivity index (χ3n) is 4.98. The summed E-state index contributed by atoms with van der Waals surface area (Å²) in [5.41, 5.74) is 0.143. The van der Waals surface area contributed by atoms with Crippen molar-refractivity contribution in [3.8, 4) is 0 Å². The highest BCUT2D eigenvalue weighted by Gasteiger charge is 2.54. The van der Waals surface area contributed by atoms with Crippen molar-refractivity contribution in [2.75, 3.05) is 13.1 Å². The van der Waals surface area contributed by atoms with Crippen molar-refractivity contribution in [2.24, 2.45) is 5.92 Å². The van der Waals surface area contributed by atoms with Crippen LogP contribution in [0, 0.1) is 5.92 Å². The molecule has 1 saturated carbocycles. The Kier molecular flexibility index (Phi) is 3.13. The van der Waals surface area contributed by atoms with Crippen LogP contribution in [0.4, 0.5) is 4.79 Å². The molecule has 4 rings (SSSR count). The summed E-state index contributed by atoms with van der Waals surface area (Å²) in [6.07, 6.45) is 1.27. The van der Waals surface area contributed by atoms with Gasteiger partial charge in [-0.2, -0.15) is 0 Å². The number of amides is 4. The molecule has 3 aliphatic rings. The molecule has 0 bridgehead atoms. The lowest BCUT2D eigenvalue weighted by molar-refractivity contribution is -0.132. The first-order chi connectivity index (χ1) is 11.0. The minimum Gasteiger partial charge on any atom is -0.339 e. The van der Waals surface area contributed by atoms with Gasteiger partial charge in [-0.15, -0.1) is 0 Å². The van der Waals surface area contributed by atoms with E-state index in [2.05, 4.69) is 10.6 Å². The zero-order chi connectivity index (χ0) is 16.2. The fourth-order valence-electron chi connectivity index (χ4n) is 3.62. The Morgan fingerprint density at radius 3 is 2.87 bits per heavy atom. The average Bonchev–Trinajstić information content (AvgIpc) is 3.12. The van der Waals surface area contributed by atoms with E-state index in [9.17, 15) is 14.4 Å². The van der Waals surface area contributed by atoms with E-state index in [1.807, 2.05) is 24.3 Å². The van der Waals surface area contributed by atoms with E-state index in [0.29, 0.717) is 18.0 Å². The van der Waals surface area contributed by atoms with Gasteiger partial charge >= 0.3 is 6.03 Å². The normalized spacial score (nSPS) is 32.1. The minimum absolute atomic E-state index is 0.0521. The Labute approximate surface area is 138 Å². The van der Waals surface area contributed by atoms with Crippen molar-refractivity contribution in [3.63, 3.8) is 0 Å². The lowest BCUT2D eigenvalue weighted by atomic mass is 9.99. The van der Waals surface area contributed by atoms with Crippen LogP contribution in [-0.4, -0.2) is 41.4 Å². The van der Waals surface area contributed by atoms with Crippen molar-refractivity contribution < 1.29 is 14.4 Å². The van der Waals surface area contributed by atoms with Crippen molar-refractivity contribution in [1.29, 1.82) is 0 Å². The van der Waals surface area contributed by atoms with E-state index < -0.39 is 11.6 Å². The van der Waals surface area contributed by atoms with Crippen LogP contribution in [0.25, 0.3) is 0 Å². The molecule has 2 aliphatic heterocycles. The monoisotopic (exact) mass is 333 g/mol. The van der Waals surface area contributed by atoms with Crippen LogP contribution < -0.4 is 10.6 Å². The van der Waals surface area contributed by atoms with Gasteiger partial charge in [0.05, 0.1) is 6.54 Å². The Hall–Kier alpha value is -2.08. The summed E-state index contributed by atoms with van der Waals surface area (Å²) in [5.74, 6) is -0.130. The van der Waals surface area contributed by atoms with E-state index in [0.717, 1.165) is 12.0 Å². The SMILES string of the molecule is O=C1NC(=O)[C@]2(CCN(C(=O)[C@@H]3C[C@@H]3c3cccc(Cl)c3)C2)N1. The minimum atomic E-state index is -0.937. The summed E-state index contributed by atoms with van der Waals surface area (Å²) in [7, 11) is 0. The number of carbonyl (C=O) groups excluding carboxylic acids is 3. The standard InChI is InChI=1S/C16H16ClN3O3/c17-10-3-1-2-9(6-10)11-7-12(11)13(21)20-5-4-16(8-20)14(22)18-15(23)19-16/h1-3,6,11-12H,4-5,7-8H2,(H2,18,19,22,23)/t11-,12-,16-/m1/s1. The van der Waals surface area contributed by atoms with E-state index in [-0.39, 0.29) is 30.2 Å². The Bertz CT molecular complexity index is 722. The molecule has 2 N–H and O–H groups in total. The predicted molar refractivity (Wildman–Crippen MR) is 82.9 cm³/mol. The lowest BCUT2D eigenvalue weighted by Crippen LogP contribution is -2.49. The van der Waals surface area contributed by atoms with E-state index in [1.54, 1.807) is 4.90 Å². The number of hydrogen-bond acceptors (Lipinski definition) is 3. The van der Waals surface area contributed by atoms with Gasteiger partial charge in [-0.1, -0.05) is 23.7 Å². The number of urea groups is 1. The molecule has 120 valence electrons. The van der Waals surface area contributed by atoms with Crippen LogP contribution in [0.3, 0.4) is 0 Å². The van der Waals surface area contributed by atoms with Crippen LogP contribution in [-0.2, 0) is 9.59 Å². The van der Waals surface area contributed by atoms with Gasteiger partial charge in [-0.05, 0) is 36.5 Å². The maximum absolute atomic E-state index is 12.7. The highest BCUT2D eigenvalue weighted by molar-refractivity contribution is 6.30. The van der Waals surface area contributed by atoms with Gasteiger partial charge in [0.1, 0.15) is 5.54 Å². The Morgan fingerprint density at radius 1 is 1.35 bits per heavy atom. The second-order valence-corrected chi connectivity index (χ2v) is 6.94. The predicted octanol–water partition coefficient (Wildman–Crippen LogP) is 1.25. The smallest absolute Gasteiger partial charge is 0.322 e. The highest BCUT2D eigenvalue weighted by Crippen LogP contribution is 2.49. The third-order valence-corrected chi connectivity index (χ3v) is 5.22. The molecule has 2 saturated heterocycles. The maximum atomic E-state index is 12.7. The van der Waals surface area contributed by atoms with Crippen LogP contribution in [0.15, 0.2) is 24.3 Å².